The van der Waals surface area contributed by atoms with Gasteiger partial charge in [-0.3, -0.25) is 0 Å². The van der Waals surface area contributed by atoms with Gasteiger partial charge in [0.25, 0.3) is 0 Å². The zero-order valence-electron chi connectivity index (χ0n) is 20.0. The molecular weight excluding hydrogens is 413 g/mol. The summed E-state index contributed by atoms with van der Waals surface area (Å²) in [6.07, 6.45) is 3.20. The SMILES string of the molecule is CC1CCCC(C)C1(COc1ccc(CC(C)(C)NC(=O)OC(C)(C)C)cc1)[P+](=O)O. The Morgan fingerprint density at radius 1 is 1.13 bits per heavy atom. The summed E-state index contributed by atoms with van der Waals surface area (Å²) < 4.78 is 23.7. The molecule has 174 valence electrons. The van der Waals surface area contributed by atoms with Gasteiger partial charge in [0.05, 0.1) is 0 Å². The summed E-state index contributed by atoms with van der Waals surface area (Å²) in [5.41, 5.74) is 0.0376. The first-order chi connectivity index (χ1) is 14.2. The molecule has 0 bridgehead atoms. The molecule has 1 amide bonds. The molecule has 7 heteroatoms. The van der Waals surface area contributed by atoms with E-state index >= 15 is 0 Å². The fraction of sp³-hybridized carbons (Fsp3) is 0.708. The van der Waals surface area contributed by atoms with Crippen LogP contribution in [0.5, 0.6) is 5.75 Å². The number of hydrogen-bond donors (Lipinski definition) is 2. The van der Waals surface area contributed by atoms with Crippen LogP contribution in [0, 0.1) is 11.8 Å². The molecular formula is C24H39NO5P+. The van der Waals surface area contributed by atoms with Crippen molar-refractivity contribution in [1.82, 2.24) is 5.32 Å². The Morgan fingerprint density at radius 3 is 2.16 bits per heavy atom. The number of benzene rings is 1. The van der Waals surface area contributed by atoms with E-state index in [4.69, 9.17) is 9.47 Å². The lowest BCUT2D eigenvalue weighted by atomic mass is 9.73. The summed E-state index contributed by atoms with van der Waals surface area (Å²) in [7, 11) is -2.35. The quantitative estimate of drug-likeness (QED) is 0.508. The van der Waals surface area contributed by atoms with Crippen LogP contribution in [0.15, 0.2) is 24.3 Å². The van der Waals surface area contributed by atoms with Crippen LogP contribution in [0.1, 0.15) is 73.3 Å². The molecule has 1 saturated carbocycles. The summed E-state index contributed by atoms with van der Waals surface area (Å²) in [5, 5.41) is 2.22. The summed E-state index contributed by atoms with van der Waals surface area (Å²) in [6, 6.07) is 7.70. The Balaban J connectivity index is 2.00. The highest BCUT2D eigenvalue weighted by Gasteiger charge is 2.59. The maximum absolute atomic E-state index is 12.3. The van der Waals surface area contributed by atoms with Gasteiger partial charge >= 0.3 is 14.1 Å². The van der Waals surface area contributed by atoms with E-state index in [0.29, 0.717) is 12.2 Å². The fourth-order valence-corrected chi connectivity index (χ4v) is 5.66. The highest BCUT2D eigenvalue weighted by Crippen LogP contribution is 2.53. The monoisotopic (exact) mass is 452 g/mol. The molecule has 0 radical (unpaired) electrons. The molecule has 0 aromatic heterocycles. The van der Waals surface area contributed by atoms with Crippen molar-refractivity contribution in [3.05, 3.63) is 29.8 Å². The third-order valence-corrected chi connectivity index (χ3v) is 7.94. The van der Waals surface area contributed by atoms with E-state index in [9.17, 15) is 14.3 Å². The Labute approximate surface area is 188 Å². The van der Waals surface area contributed by atoms with Gasteiger partial charge in [0.1, 0.15) is 18.0 Å². The van der Waals surface area contributed by atoms with Gasteiger partial charge < -0.3 is 14.8 Å². The van der Waals surface area contributed by atoms with Gasteiger partial charge in [-0.25, -0.2) is 4.79 Å². The minimum absolute atomic E-state index is 0.142. The first-order valence-corrected chi connectivity index (χ1v) is 12.4. The van der Waals surface area contributed by atoms with Crippen molar-refractivity contribution in [2.75, 3.05) is 6.61 Å². The predicted molar refractivity (Wildman–Crippen MR) is 124 cm³/mol. The highest BCUT2D eigenvalue weighted by molar-refractivity contribution is 7.40. The second kappa shape index (κ2) is 9.87. The Kier molecular flexibility index (Phi) is 8.15. The number of carbonyl (C=O) groups excluding carboxylic acids is 1. The number of ether oxygens (including phenoxy) is 2. The Morgan fingerprint density at radius 2 is 1.68 bits per heavy atom. The molecule has 31 heavy (non-hydrogen) atoms. The molecule has 0 saturated heterocycles. The van der Waals surface area contributed by atoms with Crippen LogP contribution in [0.25, 0.3) is 0 Å². The molecule has 6 nitrogen and oxygen atoms in total. The van der Waals surface area contributed by atoms with Gasteiger partial charge in [-0.15, -0.1) is 0 Å². The molecule has 0 heterocycles. The van der Waals surface area contributed by atoms with Crippen LogP contribution < -0.4 is 10.1 Å². The summed E-state index contributed by atoms with van der Waals surface area (Å²) in [6.45, 7) is 13.8. The Hall–Kier alpha value is -1.65. The lowest BCUT2D eigenvalue weighted by Gasteiger charge is -2.37. The van der Waals surface area contributed by atoms with E-state index in [1.165, 1.54) is 0 Å². The predicted octanol–water partition coefficient (Wildman–Crippen LogP) is 5.84. The first kappa shape index (κ1) is 25.6. The average Bonchev–Trinajstić information content (AvgIpc) is 2.60. The van der Waals surface area contributed by atoms with Gasteiger partial charge in [-0.05, 0) is 76.1 Å². The second-order valence-corrected chi connectivity index (χ2v) is 12.0. The zero-order valence-corrected chi connectivity index (χ0v) is 20.9. The number of rotatable bonds is 7. The zero-order chi connectivity index (χ0) is 23.4. The van der Waals surface area contributed by atoms with E-state index in [2.05, 4.69) is 19.2 Å². The number of nitrogens with one attached hydrogen (secondary N) is 1. The van der Waals surface area contributed by atoms with E-state index < -0.39 is 30.4 Å². The second-order valence-electron chi connectivity index (χ2n) is 10.6. The highest BCUT2D eigenvalue weighted by atomic mass is 31.1. The normalized spacial score (nSPS) is 25.0. The van der Waals surface area contributed by atoms with Crippen LogP contribution in [-0.2, 0) is 15.7 Å². The van der Waals surface area contributed by atoms with Crippen LogP contribution in [-0.4, -0.2) is 33.9 Å². The number of alkyl carbamates (subject to hydrolysis) is 1. The van der Waals surface area contributed by atoms with Crippen molar-refractivity contribution in [1.29, 1.82) is 0 Å². The minimum Gasteiger partial charge on any atom is -0.488 e. The number of carbonyl (C=O) groups is 1. The molecule has 1 aliphatic rings. The van der Waals surface area contributed by atoms with Crippen LogP contribution in [0.3, 0.4) is 0 Å². The molecule has 2 N–H and O–H groups in total. The van der Waals surface area contributed by atoms with Crippen LogP contribution >= 0.6 is 8.03 Å². The van der Waals surface area contributed by atoms with Crippen molar-refractivity contribution in [3.8, 4) is 5.75 Å². The average molecular weight is 453 g/mol. The third-order valence-electron chi connectivity index (χ3n) is 6.22. The smallest absolute Gasteiger partial charge is 0.488 e. The molecule has 0 spiro atoms. The minimum atomic E-state index is -2.35. The first-order valence-electron chi connectivity index (χ1n) is 11.1. The maximum Gasteiger partial charge on any atom is 0.516 e. The van der Waals surface area contributed by atoms with E-state index in [1.807, 2.05) is 58.9 Å². The van der Waals surface area contributed by atoms with E-state index in [0.717, 1.165) is 24.8 Å². The molecule has 1 aromatic carbocycles. The van der Waals surface area contributed by atoms with E-state index in [-0.39, 0.29) is 18.4 Å². The van der Waals surface area contributed by atoms with Crippen molar-refractivity contribution >= 4 is 14.1 Å². The maximum atomic E-state index is 12.3. The van der Waals surface area contributed by atoms with Crippen molar-refractivity contribution in [3.63, 3.8) is 0 Å². The topological polar surface area (TPSA) is 84.9 Å². The molecule has 2 rings (SSSR count). The molecule has 1 aliphatic carbocycles. The molecule has 1 aromatic rings. The molecule has 3 atom stereocenters. The van der Waals surface area contributed by atoms with Crippen LogP contribution in [0.2, 0.25) is 0 Å². The van der Waals surface area contributed by atoms with Crippen molar-refractivity contribution in [2.45, 2.75) is 90.4 Å². The number of hydrogen-bond acceptors (Lipinski definition) is 4. The lowest BCUT2D eigenvalue weighted by molar-refractivity contribution is 0.0472. The van der Waals surface area contributed by atoms with Gasteiger partial charge in [-0.1, -0.05) is 32.4 Å². The summed E-state index contributed by atoms with van der Waals surface area (Å²) >= 11 is 0. The van der Waals surface area contributed by atoms with Crippen molar-refractivity contribution < 1.29 is 23.7 Å². The van der Waals surface area contributed by atoms with Crippen LogP contribution in [0.4, 0.5) is 4.79 Å². The fourth-order valence-electron chi connectivity index (χ4n) is 4.47. The standard InChI is InChI=1S/C24H38NO5P/c1-17-9-8-10-18(2)24(17,31(27)28)16-29-20-13-11-19(12-14-20)15-23(6,7)25-21(26)30-22(3,4)5/h11-14,17-18H,8-10,15-16H2,1-7H3,(H-,25,26,27,28)/p+1. The molecule has 1 fully saturated rings. The number of amides is 1. The third kappa shape index (κ3) is 6.92. The molecule has 3 unspecified atom stereocenters. The van der Waals surface area contributed by atoms with Gasteiger partial charge in [0.2, 0.25) is 5.16 Å². The summed E-state index contributed by atoms with van der Waals surface area (Å²) in [5.74, 6) is 0.968. The molecule has 0 aliphatic heterocycles. The van der Waals surface area contributed by atoms with Gasteiger partial charge in [0.15, 0.2) is 0 Å². The van der Waals surface area contributed by atoms with Gasteiger partial charge in [0, 0.05) is 17.4 Å². The van der Waals surface area contributed by atoms with Gasteiger partial charge in [-0.2, -0.15) is 4.89 Å². The summed E-state index contributed by atoms with van der Waals surface area (Å²) in [4.78, 5) is 22.2. The largest absolute Gasteiger partial charge is 0.516 e. The van der Waals surface area contributed by atoms with Crippen molar-refractivity contribution in [2.24, 2.45) is 11.8 Å². The lowest BCUT2D eigenvalue weighted by Crippen LogP contribution is -2.47. The van der Waals surface area contributed by atoms with E-state index in [1.54, 1.807) is 0 Å². The Bertz CT molecular complexity index is 759.